The van der Waals surface area contributed by atoms with Gasteiger partial charge in [0.2, 0.25) is 0 Å². The molecule has 1 aromatic carbocycles. The number of ketones is 1. The van der Waals surface area contributed by atoms with E-state index in [4.69, 9.17) is 4.74 Å². The Hall–Kier alpha value is -1.77. The fraction of sp³-hybridized carbons (Fsp3) is 0.400. The summed E-state index contributed by atoms with van der Waals surface area (Å²) < 4.78 is 5.48. The van der Waals surface area contributed by atoms with Crippen molar-refractivity contribution in [1.29, 1.82) is 0 Å². The normalized spacial score (nSPS) is 12.6. The van der Waals surface area contributed by atoms with E-state index in [0.717, 1.165) is 28.6 Å². The molecule has 1 unspecified atom stereocenters. The highest BCUT2D eigenvalue weighted by Crippen LogP contribution is 2.26. The van der Waals surface area contributed by atoms with Gasteiger partial charge in [-0.15, -0.1) is 0 Å². The average Bonchev–Trinajstić information content (AvgIpc) is 2.80. The number of aromatic nitrogens is 1. The number of hydrogen-bond acceptors (Lipinski definition) is 2. The third-order valence-corrected chi connectivity index (χ3v) is 3.29. The predicted octanol–water partition coefficient (Wildman–Crippen LogP) is 3.80. The molecule has 0 aliphatic rings. The lowest BCUT2D eigenvalue weighted by atomic mass is 9.97. The van der Waals surface area contributed by atoms with Gasteiger partial charge in [-0.2, -0.15) is 0 Å². The Kier molecular flexibility index (Phi) is 3.70. The average molecular weight is 245 g/mol. The number of aromatic amines is 1. The number of benzene rings is 1. The molecule has 96 valence electrons. The first-order valence-corrected chi connectivity index (χ1v) is 6.45. The van der Waals surface area contributed by atoms with Crippen molar-refractivity contribution in [3.63, 3.8) is 0 Å². The molecule has 2 rings (SSSR count). The van der Waals surface area contributed by atoms with Crippen LogP contribution < -0.4 is 4.74 Å². The molecule has 1 heterocycles. The van der Waals surface area contributed by atoms with Crippen molar-refractivity contribution in [3.8, 4) is 5.75 Å². The minimum Gasteiger partial charge on any atom is -0.494 e. The second-order valence-corrected chi connectivity index (χ2v) is 4.52. The third kappa shape index (κ3) is 2.26. The molecule has 0 saturated carbocycles. The van der Waals surface area contributed by atoms with Crippen molar-refractivity contribution in [1.82, 2.24) is 4.98 Å². The molecule has 0 amide bonds. The summed E-state index contributed by atoms with van der Waals surface area (Å²) in [6.07, 6.45) is 2.66. The van der Waals surface area contributed by atoms with Gasteiger partial charge >= 0.3 is 0 Å². The van der Waals surface area contributed by atoms with Gasteiger partial charge < -0.3 is 9.72 Å². The molecule has 0 saturated heterocycles. The van der Waals surface area contributed by atoms with Crippen molar-refractivity contribution in [2.75, 3.05) is 6.61 Å². The molecule has 3 nitrogen and oxygen atoms in total. The van der Waals surface area contributed by atoms with Gasteiger partial charge in [-0.05, 0) is 31.5 Å². The van der Waals surface area contributed by atoms with Gasteiger partial charge in [0.15, 0.2) is 5.78 Å². The van der Waals surface area contributed by atoms with Crippen LogP contribution in [-0.4, -0.2) is 17.4 Å². The smallest absolute Gasteiger partial charge is 0.167 e. The first-order valence-electron chi connectivity index (χ1n) is 6.45. The standard InChI is InChI=1S/C15H19NO2/c1-4-10(3)15(17)13-9-16-14-7-6-11(18-5-2)8-12(13)14/h6-10,16H,4-5H2,1-3H3. The summed E-state index contributed by atoms with van der Waals surface area (Å²) in [5.41, 5.74) is 1.74. The van der Waals surface area contributed by atoms with Gasteiger partial charge in [0.1, 0.15) is 5.75 Å². The molecular weight excluding hydrogens is 226 g/mol. The van der Waals surface area contributed by atoms with Gasteiger partial charge in [-0.25, -0.2) is 0 Å². The summed E-state index contributed by atoms with van der Waals surface area (Å²) in [7, 11) is 0. The molecule has 18 heavy (non-hydrogen) atoms. The lowest BCUT2D eigenvalue weighted by Crippen LogP contribution is -2.09. The molecular formula is C15H19NO2. The Labute approximate surface area is 107 Å². The Morgan fingerprint density at radius 1 is 1.39 bits per heavy atom. The van der Waals surface area contributed by atoms with E-state index in [9.17, 15) is 4.79 Å². The first kappa shape index (κ1) is 12.7. The molecule has 0 spiro atoms. The Morgan fingerprint density at radius 2 is 2.17 bits per heavy atom. The number of carbonyl (C=O) groups excluding carboxylic acids is 1. The minimum absolute atomic E-state index is 0.0553. The van der Waals surface area contributed by atoms with E-state index < -0.39 is 0 Å². The van der Waals surface area contributed by atoms with E-state index in [-0.39, 0.29) is 11.7 Å². The van der Waals surface area contributed by atoms with Gasteiger partial charge in [0.05, 0.1) is 6.61 Å². The number of Topliss-reactive ketones (excluding diaryl/α,β-unsaturated/α-hetero) is 1. The highest BCUT2D eigenvalue weighted by Gasteiger charge is 2.17. The second-order valence-electron chi connectivity index (χ2n) is 4.52. The zero-order chi connectivity index (χ0) is 13.1. The van der Waals surface area contributed by atoms with Crippen LogP contribution in [0.15, 0.2) is 24.4 Å². The van der Waals surface area contributed by atoms with Crippen LogP contribution in [0.3, 0.4) is 0 Å². The highest BCUT2D eigenvalue weighted by molar-refractivity contribution is 6.09. The largest absolute Gasteiger partial charge is 0.494 e. The van der Waals surface area contributed by atoms with E-state index in [2.05, 4.69) is 4.98 Å². The van der Waals surface area contributed by atoms with Gasteiger partial charge in [-0.3, -0.25) is 4.79 Å². The number of H-pyrrole nitrogens is 1. The summed E-state index contributed by atoms with van der Waals surface area (Å²) in [6.45, 7) is 6.58. The van der Waals surface area contributed by atoms with E-state index in [1.54, 1.807) is 6.20 Å². The zero-order valence-electron chi connectivity index (χ0n) is 11.1. The van der Waals surface area contributed by atoms with Crippen LogP contribution in [0.5, 0.6) is 5.75 Å². The SMILES string of the molecule is CCOc1ccc2[nH]cc(C(=O)C(C)CC)c2c1. The molecule has 0 bridgehead atoms. The van der Waals surface area contributed by atoms with Crippen LogP contribution in [-0.2, 0) is 0 Å². The van der Waals surface area contributed by atoms with Crippen LogP contribution in [0, 0.1) is 5.92 Å². The van der Waals surface area contributed by atoms with Crippen molar-refractivity contribution >= 4 is 16.7 Å². The van der Waals surface area contributed by atoms with Crippen molar-refractivity contribution < 1.29 is 9.53 Å². The molecule has 1 aromatic heterocycles. The van der Waals surface area contributed by atoms with Gasteiger partial charge in [-0.1, -0.05) is 13.8 Å². The summed E-state index contributed by atoms with van der Waals surface area (Å²) in [6, 6.07) is 5.80. The molecule has 0 fully saturated rings. The maximum atomic E-state index is 12.3. The lowest BCUT2D eigenvalue weighted by molar-refractivity contribution is 0.0929. The van der Waals surface area contributed by atoms with Crippen LogP contribution >= 0.6 is 0 Å². The second kappa shape index (κ2) is 5.25. The van der Waals surface area contributed by atoms with Crippen LogP contribution in [0.4, 0.5) is 0 Å². The quantitative estimate of drug-likeness (QED) is 0.814. The fourth-order valence-electron chi connectivity index (χ4n) is 2.01. The van der Waals surface area contributed by atoms with Crippen molar-refractivity contribution in [2.24, 2.45) is 5.92 Å². The molecule has 1 N–H and O–H groups in total. The van der Waals surface area contributed by atoms with E-state index in [0.29, 0.717) is 6.61 Å². The number of nitrogens with one attached hydrogen (secondary N) is 1. The fourth-order valence-corrected chi connectivity index (χ4v) is 2.01. The van der Waals surface area contributed by atoms with Crippen molar-refractivity contribution in [2.45, 2.75) is 27.2 Å². The lowest BCUT2D eigenvalue weighted by Gasteiger charge is -2.07. The minimum atomic E-state index is 0.0553. The molecule has 0 aliphatic carbocycles. The van der Waals surface area contributed by atoms with E-state index in [1.807, 2.05) is 39.0 Å². The van der Waals surface area contributed by atoms with Crippen molar-refractivity contribution in [3.05, 3.63) is 30.0 Å². The monoisotopic (exact) mass is 245 g/mol. The topological polar surface area (TPSA) is 42.1 Å². The molecule has 0 aliphatic heterocycles. The number of ether oxygens (including phenoxy) is 1. The molecule has 1 atom stereocenters. The predicted molar refractivity (Wildman–Crippen MR) is 73.3 cm³/mol. The number of rotatable bonds is 5. The van der Waals surface area contributed by atoms with E-state index in [1.165, 1.54) is 0 Å². The van der Waals surface area contributed by atoms with Gasteiger partial charge in [0, 0.05) is 28.6 Å². The molecule has 0 radical (unpaired) electrons. The highest BCUT2D eigenvalue weighted by atomic mass is 16.5. The zero-order valence-corrected chi connectivity index (χ0v) is 11.1. The number of fused-ring (bicyclic) bond motifs is 1. The Bertz CT molecular complexity index is 557. The summed E-state index contributed by atoms with van der Waals surface area (Å²) in [5, 5.41) is 0.950. The summed E-state index contributed by atoms with van der Waals surface area (Å²) >= 11 is 0. The number of carbonyl (C=O) groups is 1. The first-order chi connectivity index (χ1) is 8.67. The van der Waals surface area contributed by atoms with Gasteiger partial charge in [0.25, 0.3) is 0 Å². The summed E-state index contributed by atoms with van der Waals surface area (Å²) in [4.78, 5) is 15.4. The van der Waals surface area contributed by atoms with Crippen LogP contribution in [0.25, 0.3) is 10.9 Å². The maximum Gasteiger partial charge on any atom is 0.167 e. The Morgan fingerprint density at radius 3 is 2.83 bits per heavy atom. The Balaban J connectivity index is 2.45. The third-order valence-electron chi connectivity index (χ3n) is 3.29. The number of hydrogen-bond donors (Lipinski definition) is 1. The van der Waals surface area contributed by atoms with E-state index >= 15 is 0 Å². The maximum absolute atomic E-state index is 12.3. The summed E-state index contributed by atoms with van der Waals surface area (Å²) in [5.74, 6) is 1.06. The van der Waals surface area contributed by atoms with Crippen LogP contribution in [0.1, 0.15) is 37.6 Å². The molecule has 3 heteroatoms. The molecule has 2 aromatic rings. The van der Waals surface area contributed by atoms with Crippen LogP contribution in [0.2, 0.25) is 0 Å².